The standard InChI is InChI=1S/C17H13N5O5S2/c23-16(12-6-13(21(24)25)8-14(7-12)22(26)27)18-17-20-19-15(29-17)10-28-9-11-4-2-1-3-5-11/h1-8H,9-10H2,(H,18,20,23). The number of rotatable bonds is 8. The smallest absolute Gasteiger partial charge is 0.277 e. The number of non-ortho nitro benzene ring substituents is 2. The van der Waals surface area contributed by atoms with Gasteiger partial charge in [0.05, 0.1) is 21.5 Å². The molecule has 2 aromatic carbocycles. The number of nitro groups is 2. The average molecular weight is 431 g/mol. The third-order valence-corrected chi connectivity index (χ3v) is 5.65. The Morgan fingerprint density at radius 1 is 1.00 bits per heavy atom. The van der Waals surface area contributed by atoms with Crippen molar-refractivity contribution in [3.05, 3.63) is 84.9 Å². The zero-order chi connectivity index (χ0) is 20.8. The lowest BCUT2D eigenvalue weighted by molar-refractivity contribution is -0.394. The molecule has 0 aliphatic rings. The third-order valence-electron chi connectivity index (χ3n) is 3.61. The molecular weight excluding hydrogens is 418 g/mol. The molecule has 0 fully saturated rings. The van der Waals surface area contributed by atoms with E-state index < -0.39 is 27.1 Å². The number of anilines is 1. The lowest BCUT2D eigenvalue weighted by Gasteiger charge is -2.02. The van der Waals surface area contributed by atoms with Gasteiger partial charge in [-0.05, 0) is 5.56 Å². The van der Waals surface area contributed by atoms with Crippen molar-refractivity contribution in [3.63, 3.8) is 0 Å². The van der Waals surface area contributed by atoms with Crippen LogP contribution in [0.4, 0.5) is 16.5 Å². The maximum Gasteiger partial charge on any atom is 0.277 e. The SMILES string of the molecule is O=C(Nc1nnc(CSCc2ccccc2)s1)c1cc([N+](=O)[O-])cc([N+](=O)[O-])c1. The summed E-state index contributed by atoms with van der Waals surface area (Å²) in [4.78, 5) is 32.6. The van der Waals surface area contributed by atoms with E-state index in [1.165, 1.54) is 16.9 Å². The first-order valence-corrected chi connectivity index (χ1v) is 10.1. The van der Waals surface area contributed by atoms with Crippen molar-refractivity contribution >= 4 is 45.5 Å². The fourth-order valence-electron chi connectivity index (χ4n) is 2.30. The van der Waals surface area contributed by atoms with E-state index in [2.05, 4.69) is 15.5 Å². The highest BCUT2D eigenvalue weighted by atomic mass is 32.2. The number of nitrogens with zero attached hydrogens (tertiary/aromatic N) is 4. The number of carbonyl (C=O) groups is 1. The summed E-state index contributed by atoms with van der Waals surface area (Å²) in [5, 5.41) is 33.1. The summed E-state index contributed by atoms with van der Waals surface area (Å²) < 4.78 is 0. The number of thioether (sulfide) groups is 1. The van der Waals surface area contributed by atoms with Crippen LogP contribution in [-0.2, 0) is 11.5 Å². The number of carbonyl (C=O) groups excluding carboxylic acids is 1. The Labute approximate surface area is 172 Å². The van der Waals surface area contributed by atoms with Gasteiger partial charge in [-0.2, -0.15) is 0 Å². The highest BCUT2D eigenvalue weighted by Crippen LogP contribution is 2.25. The van der Waals surface area contributed by atoms with E-state index in [1.54, 1.807) is 11.8 Å². The minimum absolute atomic E-state index is 0.207. The van der Waals surface area contributed by atoms with E-state index in [9.17, 15) is 25.0 Å². The van der Waals surface area contributed by atoms with Crippen LogP contribution < -0.4 is 5.32 Å². The summed E-state index contributed by atoms with van der Waals surface area (Å²) in [6.07, 6.45) is 0. The fraction of sp³-hybridized carbons (Fsp3) is 0.118. The quantitative estimate of drug-likeness (QED) is 0.416. The fourth-order valence-corrected chi connectivity index (χ4v) is 4.08. The largest absolute Gasteiger partial charge is 0.296 e. The zero-order valence-electron chi connectivity index (χ0n) is 14.7. The van der Waals surface area contributed by atoms with Crippen LogP contribution in [0.25, 0.3) is 0 Å². The Morgan fingerprint density at radius 3 is 2.28 bits per heavy atom. The van der Waals surface area contributed by atoms with Crippen LogP contribution in [0.1, 0.15) is 20.9 Å². The molecule has 3 aromatic rings. The van der Waals surface area contributed by atoms with Gasteiger partial charge in [-0.15, -0.1) is 22.0 Å². The highest BCUT2D eigenvalue weighted by Gasteiger charge is 2.20. The van der Waals surface area contributed by atoms with Gasteiger partial charge in [-0.25, -0.2) is 0 Å². The van der Waals surface area contributed by atoms with Crippen molar-refractivity contribution in [3.8, 4) is 0 Å². The topological polar surface area (TPSA) is 141 Å². The number of amides is 1. The molecule has 0 aliphatic heterocycles. The van der Waals surface area contributed by atoms with Crippen LogP contribution in [0, 0.1) is 20.2 Å². The summed E-state index contributed by atoms with van der Waals surface area (Å²) in [5.74, 6) is 0.668. The van der Waals surface area contributed by atoms with Crippen LogP contribution in [0.5, 0.6) is 0 Å². The number of nitrogens with one attached hydrogen (secondary N) is 1. The lowest BCUT2D eigenvalue weighted by atomic mass is 10.1. The van der Waals surface area contributed by atoms with Crippen molar-refractivity contribution < 1.29 is 14.6 Å². The van der Waals surface area contributed by atoms with Crippen LogP contribution in [0.15, 0.2) is 48.5 Å². The molecule has 0 saturated carbocycles. The van der Waals surface area contributed by atoms with Gasteiger partial charge in [0.1, 0.15) is 5.01 Å². The van der Waals surface area contributed by atoms with E-state index in [4.69, 9.17) is 0 Å². The van der Waals surface area contributed by atoms with Gasteiger partial charge in [0.2, 0.25) is 5.13 Å². The van der Waals surface area contributed by atoms with E-state index >= 15 is 0 Å². The van der Waals surface area contributed by atoms with Gasteiger partial charge in [0, 0.05) is 23.6 Å². The van der Waals surface area contributed by atoms with Crippen LogP contribution in [-0.4, -0.2) is 26.0 Å². The van der Waals surface area contributed by atoms with Crippen molar-refractivity contribution in [2.45, 2.75) is 11.5 Å². The van der Waals surface area contributed by atoms with Crippen LogP contribution in [0.2, 0.25) is 0 Å². The minimum Gasteiger partial charge on any atom is -0.296 e. The second-order valence-corrected chi connectivity index (χ2v) is 7.73. The normalized spacial score (nSPS) is 10.5. The molecule has 0 atom stereocenters. The molecule has 0 bridgehead atoms. The van der Waals surface area contributed by atoms with E-state index in [1.807, 2.05) is 30.3 Å². The summed E-state index contributed by atoms with van der Waals surface area (Å²) in [5.41, 5.74) is -0.108. The molecule has 148 valence electrons. The molecule has 0 unspecified atom stereocenters. The Balaban J connectivity index is 1.64. The molecule has 12 heteroatoms. The average Bonchev–Trinajstić information content (AvgIpc) is 3.15. The molecule has 0 spiro atoms. The first kappa shape index (κ1) is 20.4. The van der Waals surface area contributed by atoms with Crippen molar-refractivity contribution in [1.29, 1.82) is 0 Å². The van der Waals surface area contributed by atoms with Gasteiger partial charge >= 0.3 is 0 Å². The van der Waals surface area contributed by atoms with E-state index in [0.717, 1.165) is 24.0 Å². The van der Waals surface area contributed by atoms with Gasteiger partial charge < -0.3 is 0 Å². The predicted octanol–water partition coefficient (Wildman–Crippen LogP) is 4.04. The molecule has 0 radical (unpaired) electrons. The molecule has 1 aromatic heterocycles. The predicted molar refractivity (Wildman–Crippen MR) is 109 cm³/mol. The van der Waals surface area contributed by atoms with Crippen molar-refractivity contribution in [2.75, 3.05) is 5.32 Å². The Bertz CT molecular complexity index is 1030. The highest BCUT2D eigenvalue weighted by molar-refractivity contribution is 7.97. The minimum atomic E-state index is -0.795. The summed E-state index contributed by atoms with van der Waals surface area (Å²) in [6.45, 7) is 0. The lowest BCUT2D eigenvalue weighted by Crippen LogP contribution is -2.12. The van der Waals surface area contributed by atoms with Crippen LogP contribution in [0.3, 0.4) is 0 Å². The molecular formula is C17H13N5O5S2. The molecule has 0 saturated heterocycles. The number of hydrogen-bond acceptors (Lipinski definition) is 9. The zero-order valence-corrected chi connectivity index (χ0v) is 16.3. The monoisotopic (exact) mass is 431 g/mol. The molecule has 0 aliphatic carbocycles. The summed E-state index contributed by atoms with van der Waals surface area (Å²) >= 11 is 2.81. The van der Waals surface area contributed by atoms with E-state index in [0.29, 0.717) is 10.8 Å². The Morgan fingerprint density at radius 2 is 1.66 bits per heavy atom. The molecule has 1 amide bonds. The van der Waals surface area contributed by atoms with Crippen molar-refractivity contribution in [1.82, 2.24) is 10.2 Å². The maximum absolute atomic E-state index is 12.3. The summed E-state index contributed by atoms with van der Waals surface area (Å²) in [6, 6.07) is 12.7. The first-order chi connectivity index (χ1) is 13.9. The number of nitro benzene ring substituents is 2. The number of aromatic nitrogens is 2. The third kappa shape index (κ3) is 5.56. The number of hydrogen-bond donors (Lipinski definition) is 1. The first-order valence-electron chi connectivity index (χ1n) is 8.11. The van der Waals surface area contributed by atoms with Gasteiger partial charge in [-0.1, -0.05) is 41.7 Å². The molecule has 1 heterocycles. The van der Waals surface area contributed by atoms with E-state index in [-0.39, 0.29) is 10.7 Å². The summed E-state index contributed by atoms with van der Waals surface area (Å²) in [7, 11) is 0. The second-order valence-electron chi connectivity index (χ2n) is 5.69. The Kier molecular flexibility index (Phi) is 6.46. The number of benzene rings is 2. The molecule has 3 rings (SSSR count). The second kappa shape index (κ2) is 9.21. The molecule has 29 heavy (non-hydrogen) atoms. The van der Waals surface area contributed by atoms with Crippen LogP contribution >= 0.6 is 23.1 Å². The van der Waals surface area contributed by atoms with Gasteiger partial charge in [0.25, 0.3) is 17.3 Å². The van der Waals surface area contributed by atoms with Gasteiger partial charge in [0.15, 0.2) is 0 Å². The maximum atomic E-state index is 12.3. The van der Waals surface area contributed by atoms with Crippen molar-refractivity contribution in [2.24, 2.45) is 0 Å². The molecule has 10 nitrogen and oxygen atoms in total. The Hall–Kier alpha value is -3.38. The van der Waals surface area contributed by atoms with Gasteiger partial charge in [-0.3, -0.25) is 30.3 Å². The molecule has 1 N–H and O–H groups in total.